The molecule has 0 bridgehead atoms. The Morgan fingerprint density at radius 3 is 2.43 bits per heavy atom. The molecule has 1 atom stereocenters. The highest BCUT2D eigenvalue weighted by Crippen LogP contribution is 2.56. The van der Waals surface area contributed by atoms with Crippen LogP contribution in [0, 0.1) is 10.8 Å². The highest BCUT2D eigenvalue weighted by molar-refractivity contribution is 5.94. The van der Waals surface area contributed by atoms with E-state index in [1.807, 2.05) is 23.2 Å². The number of aromatic nitrogens is 2. The SMILES string of the molecule is O=C(c1cccnc1)N1CCC2(CC1)CN(Cc1cccnc1)CC21CCNC1=O. The summed E-state index contributed by atoms with van der Waals surface area (Å²) in [5, 5.41) is 3.10. The molecule has 0 aliphatic carbocycles. The second-order valence-electron chi connectivity index (χ2n) is 8.91. The summed E-state index contributed by atoms with van der Waals surface area (Å²) in [4.78, 5) is 38.6. The second-order valence-corrected chi connectivity index (χ2v) is 8.91. The summed E-state index contributed by atoms with van der Waals surface area (Å²) in [5.41, 5.74) is 1.37. The van der Waals surface area contributed by atoms with Gasteiger partial charge in [0.25, 0.3) is 5.91 Å². The van der Waals surface area contributed by atoms with Gasteiger partial charge in [-0.05, 0) is 43.0 Å². The standard InChI is InChI=1S/C23H27N5O2/c29-20(19-4-2-9-25-14-19)28-11-6-22(7-12-28)16-27(15-18-3-1-8-24-13-18)17-23(22)5-10-26-21(23)30/h1-4,8-9,13-14H,5-7,10-12,15-17H2,(H,26,30). The minimum absolute atomic E-state index is 0.0353. The van der Waals surface area contributed by atoms with Gasteiger partial charge in [0.15, 0.2) is 0 Å². The van der Waals surface area contributed by atoms with Gasteiger partial charge in [0.1, 0.15) is 0 Å². The van der Waals surface area contributed by atoms with Crippen molar-refractivity contribution in [2.24, 2.45) is 10.8 Å². The summed E-state index contributed by atoms with van der Waals surface area (Å²) in [7, 11) is 0. The van der Waals surface area contributed by atoms with Gasteiger partial charge in [0, 0.05) is 69.5 Å². The molecule has 0 saturated carbocycles. The Morgan fingerprint density at radius 2 is 1.80 bits per heavy atom. The Kier molecular flexibility index (Phi) is 4.77. The summed E-state index contributed by atoms with van der Waals surface area (Å²) >= 11 is 0. The topological polar surface area (TPSA) is 78.4 Å². The number of nitrogens with zero attached hydrogens (tertiary/aromatic N) is 4. The van der Waals surface area contributed by atoms with Crippen LogP contribution in [0.1, 0.15) is 35.2 Å². The Morgan fingerprint density at radius 1 is 1.03 bits per heavy atom. The van der Waals surface area contributed by atoms with Gasteiger partial charge in [-0.1, -0.05) is 6.07 Å². The van der Waals surface area contributed by atoms with Crippen LogP contribution in [0.2, 0.25) is 0 Å². The molecule has 156 valence electrons. The number of rotatable bonds is 3. The van der Waals surface area contributed by atoms with Crippen LogP contribution in [0.4, 0.5) is 0 Å². The molecule has 3 fully saturated rings. The average molecular weight is 406 g/mol. The quantitative estimate of drug-likeness (QED) is 0.841. The van der Waals surface area contributed by atoms with Crippen LogP contribution in [0.3, 0.4) is 0 Å². The van der Waals surface area contributed by atoms with E-state index < -0.39 is 0 Å². The van der Waals surface area contributed by atoms with Crippen LogP contribution < -0.4 is 5.32 Å². The zero-order valence-electron chi connectivity index (χ0n) is 17.1. The number of hydrogen-bond donors (Lipinski definition) is 1. The van der Waals surface area contributed by atoms with Crippen molar-refractivity contribution in [3.05, 3.63) is 60.2 Å². The van der Waals surface area contributed by atoms with E-state index in [1.165, 1.54) is 5.56 Å². The van der Waals surface area contributed by atoms with Crippen LogP contribution in [0.15, 0.2) is 49.1 Å². The molecule has 0 radical (unpaired) electrons. The van der Waals surface area contributed by atoms with Crippen LogP contribution in [-0.2, 0) is 11.3 Å². The van der Waals surface area contributed by atoms with Gasteiger partial charge in [-0.3, -0.25) is 24.5 Å². The normalized spacial score (nSPS) is 25.7. The van der Waals surface area contributed by atoms with E-state index in [9.17, 15) is 9.59 Å². The molecule has 0 aromatic carbocycles. The maximum absolute atomic E-state index is 13.1. The number of likely N-dealkylation sites (tertiary alicyclic amines) is 2. The van der Waals surface area contributed by atoms with Crippen molar-refractivity contribution >= 4 is 11.8 Å². The molecule has 5 rings (SSSR count). The number of nitrogens with one attached hydrogen (secondary N) is 1. The van der Waals surface area contributed by atoms with Crippen LogP contribution in [0.25, 0.3) is 0 Å². The summed E-state index contributed by atoms with van der Waals surface area (Å²) < 4.78 is 0. The largest absolute Gasteiger partial charge is 0.356 e. The van der Waals surface area contributed by atoms with E-state index in [1.54, 1.807) is 24.7 Å². The van der Waals surface area contributed by atoms with Gasteiger partial charge in [-0.25, -0.2) is 0 Å². The minimum atomic E-state index is -0.349. The maximum atomic E-state index is 13.1. The van der Waals surface area contributed by atoms with Crippen molar-refractivity contribution in [3.8, 4) is 0 Å². The number of carbonyl (C=O) groups excluding carboxylic acids is 2. The first-order valence-corrected chi connectivity index (χ1v) is 10.7. The zero-order chi connectivity index (χ0) is 20.6. The number of carbonyl (C=O) groups is 2. The summed E-state index contributed by atoms with van der Waals surface area (Å²) in [6.07, 6.45) is 9.60. The van der Waals surface area contributed by atoms with Crippen LogP contribution in [0.5, 0.6) is 0 Å². The molecule has 7 nitrogen and oxygen atoms in total. The lowest BCUT2D eigenvalue weighted by Crippen LogP contribution is -2.53. The second kappa shape index (κ2) is 7.47. The minimum Gasteiger partial charge on any atom is -0.356 e. The monoisotopic (exact) mass is 405 g/mol. The van der Waals surface area contributed by atoms with E-state index in [0.717, 1.165) is 45.4 Å². The van der Waals surface area contributed by atoms with E-state index in [4.69, 9.17) is 0 Å². The molecule has 2 amide bonds. The van der Waals surface area contributed by atoms with Crippen molar-refractivity contribution in [1.29, 1.82) is 0 Å². The Bertz CT molecular complexity index is 927. The van der Waals surface area contributed by atoms with E-state index in [0.29, 0.717) is 18.7 Å². The molecule has 30 heavy (non-hydrogen) atoms. The molecule has 3 aliphatic heterocycles. The van der Waals surface area contributed by atoms with Crippen molar-refractivity contribution in [2.75, 3.05) is 32.7 Å². The molecule has 1 unspecified atom stereocenters. The fourth-order valence-corrected chi connectivity index (χ4v) is 5.82. The smallest absolute Gasteiger partial charge is 0.255 e. The van der Waals surface area contributed by atoms with Gasteiger partial charge in [0.2, 0.25) is 5.91 Å². The Balaban J connectivity index is 1.35. The summed E-state index contributed by atoms with van der Waals surface area (Å²) in [5.74, 6) is 0.233. The van der Waals surface area contributed by atoms with Gasteiger partial charge in [-0.15, -0.1) is 0 Å². The number of piperidine rings is 1. The van der Waals surface area contributed by atoms with Crippen LogP contribution >= 0.6 is 0 Å². The van der Waals surface area contributed by atoms with Crippen LogP contribution in [-0.4, -0.2) is 64.3 Å². The third kappa shape index (κ3) is 3.08. The van der Waals surface area contributed by atoms with E-state index in [-0.39, 0.29) is 22.6 Å². The molecule has 1 N–H and O–H groups in total. The Hall–Kier alpha value is -2.80. The third-order valence-electron chi connectivity index (χ3n) is 7.35. The van der Waals surface area contributed by atoms with Gasteiger partial charge >= 0.3 is 0 Å². The van der Waals surface area contributed by atoms with Gasteiger partial charge in [0.05, 0.1) is 11.0 Å². The average Bonchev–Trinajstić information content (AvgIpc) is 3.30. The summed E-state index contributed by atoms with van der Waals surface area (Å²) in [6.45, 7) is 4.60. The first kappa shape index (κ1) is 19.2. The van der Waals surface area contributed by atoms with Gasteiger partial charge in [-0.2, -0.15) is 0 Å². The fraction of sp³-hybridized carbons (Fsp3) is 0.478. The molecule has 3 saturated heterocycles. The highest BCUT2D eigenvalue weighted by Gasteiger charge is 2.63. The zero-order valence-corrected chi connectivity index (χ0v) is 17.1. The predicted molar refractivity (Wildman–Crippen MR) is 111 cm³/mol. The van der Waals surface area contributed by atoms with Crippen molar-refractivity contribution < 1.29 is 9.59 Å². The van der Waals surface area contributed by atoms with Gasteiger partial charge < -0.3 is 10.2 Å². The molecule has 2 aromatic rings. The molecular weight excluding hydrogens is 378 g/mol. The molecule has 2 spiro atoms. The molecular formula is C23H27N5O2. The highest BCUT2D eigenvalue weighted by atomic mass is 16.2. The van der Waals surface area contributed by atoms with E-state index in [2.05, 4.69) is 26.3 Å². The van der Waals surface area contributed by atoms with Crippen molar-refractivity contribution in [1.82, 2.24) is 25.1 Å². The maximum Gasteiger partial charge on any atom is 0.255 e. The lowest BCUT2D eigenvalue weighted by Gasteiger charge is -2.46. The van der Waals surface area contributed by atoms with Crippen molar-refractivity contribution in [2.45, 2.75) is 25.8 Å². The number of fused-ring (bicyclic) bond motifs is 1. The number of amides is 2. The Labute approximate surface area is 176 Å². The lowest BCUT2D eigenvalue weighted by molar-refractivity contribution is -0.133. The predicted octanol–water partition coefficient (Wildman–Crippen LogP) is 1.72. The molecule has 2 aromatic heterocycles. The van der Waals surface area contributed by atoms with Crippen molar-refractivity contribution in [3.63, 3.8) is 0 Å². The number of hydrogen-bond acceptors (Lipinski definition) is 5. The molecule has 5 heterocycles. The third-order valence-corrected chi connectivity index (χ3v) is 7.35. The molecule has 7 heteroatoms. The fourth-order valence-electron chi connectivity index (χ4n) is 5.82. The summed E-state index contributed by atoms with van der Waals surface area (Å²) in [6, 6.07) is 7.66. The lowest BCUT2D eigenvalue weighted by atomic mass is 9.60. The first-order valence-electron chi connectivity index (χ1n) is 10.7. The van der Waals surface area contributed by atoms with E-state index >= 15 is 0 Å². The number of pyridine rings is 2. The molecule has 3 aliphatic rings. The first-order chi connectivity index (χ1) is 14.6.